The van der Waals surface area contributed by atoms with Crippen molar-refractivity contribution in [3.8, 4) is 5.88 Å². The first-order chi connectivity index (χ1) is 5.65. The summed E-state index contributed by atoms with van der Waals surface area (Å²) in [5.74, 6) is 0.483. The Morgan fingerprint density at radius 3 is 2.83 bits per heavy atom. The molecule has 0 atom stereocenters. The molecule has 0 bridgehead atoms. The second-order valence-electron chi connectivity index (χ2n) is 1.99. The van der Waals surface area contributed by atoms with Gasteiger partial charge in [-0.25, -0.2) is 4.98 Å². The molecule has 0 aliphatic heterocycles. The van der Waals surface area contributed by atoms with Crippen molar-refractivity contribution in [3.05, 3.63) is 22.3 Å². The number of hydrogen-bond donors (Lipinski definition) is 0. The van der Waals surface area contributed by atoms with Crippen LogP contribution in [0.4, 0.5) is 0 Å². The summed E-state index contributed by atoms with van der Waals surface area (Å²) in [6.07, 6.45) is 1.48. The fourth-order valence-electron chi connectivity index (χ4n) is 0.683. The van der Waals surface area contributed by atoms with Crippen molar-refractivity contribution in [1.29, 1.82) is 0 Å². The molecule has 0 aliphatic carbocycles. The highest BCUT2D eigenvalue weighted by Crippen LogP contribution is 2.23. The molecule has 12 heavy (non-hydrogen) atoms. The van der Waals surface area contributed by atoms with Crippen LogP contribution in [0.1, 0.15) is 10.4 Å². The molecule has 0 aromatic carbocycles. The quantitative estimate of drug-likeness (QED) is 0.612. The minimum Gasteiger partial charge on any atom is -0.480 e. The summed E-state index contributed by atoms with van der Waals surface area (Å²) in [7, 11) is 1.53. The van der Waals surface area contributed by atoms with E-state index in [9.17, 15) is 4.79 Å². The number of ether oxygens (including phenoxy) is 1. The lowest BCUT2D eigenvalue weighted by molar-refractivity contribution is 0.110. The molecule has 0 N–H and O–H groups in total. The van der Waals surface area contributed by atoms with E-state index in [1.807, 2.05) is 0 Å². The molecule has 1 heterocycles. The van der Waals surface area contributed by atoms with Gasteiger partial charge in [-0.15, -0.1) is 0 Å². The topological polar surface area (TPSA) is 39.2 Å². The molecule has 3 nitrogen and oxygen atoms in total. The van der Waals surface area contributed by atoms with E-state index in [-0.39, 0.29) is 3.79 Å². The van der Waals surface area contributed by atoms with Gasteiger partial charge in [0.05, 0.1) is 11.6 Å². The van der Waals surface area contributed by atoms with Gasteiger partial charge in [-0.1, -0.05) is 0 Å². The summed E-state index contributed by atoms with van der Waals surface area (Å²) in [5.41, 5.74) is 0.559. The van der Waals surface area contributed by atoms with E-state index in [4.69, 9.17) is 4.74 Å². The maximum absolute atomic E-state index is 10.9. The van der Waals surface area contributed by atoms with Crippen molar-refractivity contribution in [3.63, 3.8) is 0 Å². The lowest BCUT2D eigenvalue weighted by Gasteiger charge is -2.01. The van der Waals surface area contributed by atoms with Gasteiger partial charge >= 0.3 is 0 Å². The van der Waals surface area contributed by atoms with Gasteiger partial charge in [-0.05, 0) is 22.0 Å². The Morgan fingerprint density at radius 2 is 2.42 bits per heavy atom. The van der Waals surface area contributed by atoms with Gasteiger partial charge in [0.1, 0.15) is 0 Å². The third-order valence-electron chi connectivity index (χ3n) is 1.23. The second kappa shape index (κ2) is 4.18. The smallest absolute Gasteiger partial charge is 0.227 e. The van der Waals surface area contributed by atoms with Crippen LogP contribution in [-0.4, -0.2) is 15.9 Å². The number of hydrogen-bond acceptors (Lipinski definition) is 3. The van der Waals surface area contributed by atoms with Crippen molar-refractivity contribution in [1.82, 2.24) is 4.98 Å². The van der Waals surface area contributed by atoms with E-state index >= 15 is 0 Å². The second-order valence-corrected chi connectivity index (χ2v) is 3.82. The van der Waals surface area contributed by atoms with Crippen molar-refractivity contribution >= 4 is 42.3 Å². The average Bonchev–Trinajstić information content (AvgIpc) is 2.04. The molecule has 64 valence electrons. The molecule has 0 fully saturated rings. The van der Waals surface area contributed by atoms with Crippen LogP contribution in [0.2, 0.25) is 0 Å². The predicted octanol–water partition coefficient (Wildman–Crippen LogP) is 2.43. The number of halogens is 2. The zero-order valence-electron chi connectivity index (χ0n) is 6.17. The third kappa shape index (κ3) is 2.16. The van der Waals surface area contributed by atoms with Gasteiger partial charge in [0.25, 0.3) is 0 Å². The highest BCUT2D eigenvalue weighted by Gasteiger charge is 2.06. The Labute approximate surface area is 91.8 Å². The summed E-state index contributed by atoms with van der Waals surface area (Å²) in [6.45, 7) is 0. The molecule has 0 aliphatic rings. The van der Waals surface area contributed by atoms with E-state index in [1.54, 1.807) is 28.7 Å². The normalized spacial score (nSPS) is 9.58. The zero-order valence-corrected chi connectivity index (χ0v) is 9.92. The number of carbonyl (C=O) groups is 1. The van der Waals surface area contributed by atoms with Crippen LogP contribution in [0.15, 0.2) is 16.7 Å². The zero-order chi connectivity index (χ0) is 9.14. The molecule has 0 saturated carbocycles. The first-order valence-electron chi connectivity index (χ1n) is 3.04. The molecule has 0 spiro atoms. The molecule has 0 unspecified atom stereocenters. The molecule has 1 aromatic heterocycles. The Kier molecular flexibility index (Phi) is 3.45. The van der Waals surface area contributed by atoms with Crippen LogP contribution in [0.25, 0.3) is 0 Å². The molecule has 0 radical (unpaired) electrons. The van der Waals surface area contributed by atoms with E-state index in [1.165, 1.54) is 13.3 Å². The first kappa shape index (κ1) is 9.91. The van der Waals surface area contributed by atoms with Crippen LogP contribution in [0, 0.1) is 0 Å². The SMILES string of the molecule is COc1ncc(C(=O)I)cc1Br. The van der Waals surface area contributed by atoms with Crippen molar-refractivity contribution in [2.75, 3.05) is 7.11 Å². The maximum atomic E-state index is 10.9. The molecular weight excluding hydrogens is 337 g/mol. The standard InChI is InChI=1S/C7H5BrINO2/c1-12-7-5(8)2-4(3-10-7)6(9)11/h2-3H,1H3. The van der Waals surface area contributed by atoms with Crippen LogP contribution < -0.4 is 4.74 Å². The highest BCUT2D eigenvalue weighted by atomic mass is 127. The van der Waals surface area contributed by atoms with E-state index in [0.717, 1.165) is 0 Å². The Hall–Kier alpha value is -0.170. The van der Waals surface area contributed by atoms with Crippen LogP contribution in [0.5, 0.6) is 5.88 Å². The number of rotatable bonds is 2. The number of nitrogens with zero attached hydrogens (tertiary/aromatic N) is 1. The summed E-state index contributed by atoms with van der Waals surface area (Å²) < 4.78 is 5.56. The lowest BCUT2D eigenvalue weighted by atomic mass is 10.3. The van der Waals surface area contributed by atoms with E-state index in [2.05, 4.69) is 20.9 Å². The average molecular weight is 342 g/mol. The molecule has 1 rings (SSSR count). The molecular formula is C7H5BrINO2. The van der Waals surface area contributed by atoms with Gasteiger partial charge in [0.15, 0.2) is 0 Å². The number of methoxy groups -OCH3 is 1. The lowest BCUT2D eigenvalue weighted by Crippen LogP contribution is -1.93. The Balaban J connectivity index is 3.10. The third-order valence-corrected chi connectivity index (χ3v) is 2.42. The summed E-state index contributed by atoms with van der Waals surface area (Å²) in [5, 5.41) is 0. The van der Waals surface area contributed by atoms with Gasteiger partial charge in [0.2, 0.25) is 9.67 Å². The predicted molar refractivity (Wildman–Crippen MR) is 56.8 cm³/mol. The van der Waals surface area contributed by atoms with Gasteiger partial charge in [-0.3, -0.25) is 4.79 Å². The van der Waals surface area contributed by atoms with Gasteiger partial charge in [-0.2, -0.15) is 0 Å². The van der Waals surface area contributed by atoms with Crippen molar-refractivity contribution in [2.45, 2.75) is 0 Å². The first-order valence-corrected chi connectivity index (χ1v) is 4.91. The minimum absolute atomic E-state index is 0.0385. The largest absolute Gasteiger partial charge is 0.480 e. The van der Waals surface area contributed by atoms with Crippen molar-refractivity contribution in [2.24, 2.45) is 0 Å². The summed E-state index contributed by atoms with van der Waals surface area (Å²) in [4.78, 5) is 14.8. The Morgan fingerprint density at radius 1 is 1.75 bits per heavy atom. The molecule has 0 saturated heterocycles. The summed E-state index contributed by atoms with van der Waals surface area (Å²) >= 11 is 4.94. The fraction of sp³-hybridized carbons (Fsp3) is 0.143. The van der Waals surface area contributed by atoms with Crippen molar-refractivity contribution < 1.29 is 9.53 Å². The molecule has 5 heteroatoms. The van der Waals surface area contributed by atoms with Crippen LogP contribution in [0.3, 0.4) is 0 Å². The summed E-state index contributed by atoms with van der Waals surface area (Å²) in [6, 6.07) is 1.68. The minimum atomic E-state index is -0.0385. The highest BCUT2D eigenvalue weighted by molar-refractivity contribution is 14.1. The van der Waals surface area contributed by atoms with Crippen LogP contribution in [-0.2, 0) is 0 Å². The molecule has 1 aromatic rings. The van der Waals surface area contributed by atoms with Gasteiger partial charge < -0.3 is 4.74 Å². The Bertz CT molecular complexity index is 316. The van der Waals surface area contributed by atoms with E-state index < -0.39 is 0 Å². The number of aromatic nitrogens is 1. The molecule has 0 amide bonds. The number of pyridine rings is 1. The number of carbonyl (C=O) groups excluding carboxylic acids is 1. The monoisotopic (exact) mass is 341 g/mol. The maximum Gasteiger partial charge on any atom is 0.227 e. The fourth-order valence-corrected chi connectivity index (χ4v) is 1.49. The van der Waals surface area contributed by atoms with E-state index in [0.29, 0.717) is 15.9 Å². The van der Waals surface area contributed by atoms with Crippen LogP contribution >= 0.6 is 38.5 Å². The van der Waals surface area contributed by atoms with Gasteiger partial charge in [0, 0.05) is 34.4 Å².